The fourth-order valence-corrected chi connectivity index (χ4v) is 6.74. The molecule has 0 amide bonds. The molecule has 0 spiro atoms. The van der Waals surface area contributed by atoms with Gasteiger partial charge in [-0.1, -0.05) is 18.2 Å². The summed E-state index contributed by atoms with van der Waals surface area (Å²) < 4.78 is 41.2. The molecular formula is C32H37NO7S. The highest BCUT2D eigenvalue weighted by molar-refractivity contribution is 7.90. The van der Waals surface area contributed by atoms with Crippen LogP contribution in [0.15, 0.2) is 30.5 Å². The molecular weight excluding hydrogens is 542 g/mol. The van der Waals surface area contributed by atoms with Gasteiger partial charge in [-0.2, -0.15) is 0 Å². The number of rotatable bonds is 10. The van der Waals surface area contributed by atoms with Crippen LogP contribution in [0.5, 0.6) is 17.4 Å². The van der Waals surface area contributed by atoms with E-state index in [0.29, 0.717) is 31.3 Å². The van der Waals surface area contributed by atoms with Gasteiger partial charge in [-0.15, -0.1) is 0 Å². The molecule has 1 N–H and O–H groups in total. The Kier molecular flexibility index (Phi) is 8.01. The number of sulfone groups is 1. The molecule has 1 aliphatic heterocycles. The van der Waals surface area contributed by atoms with Gasteiger partial charge in [0.25, 0.3) is 0 Å². The minimum atomic E-state index is -3.02. The standard InChI is InChI=1S/C32H37NO7S/c1-18-20(3)32(38-12-7-13-41(5,36)37)21(4)19(2)31(18)25-9-6-8-24-23(25)10-11-27(24)40-29-15-28-26(16-33-29)22(17-39-28)14-30(34)35/h6,8-9,15-16,22,27H,7,10-14,17H2,1-5H3,(H,34,35). The molecule has 0 radical (unpaired) electrons. The second-order valence-electron chi connectivity index (χ2n) is 11.2. The number of fused-ring (bicyclic) bond motifs is 2. The van der Waals surface area contributed by atoms with Crippen LogP contribution in [0, 0.1) is 27.7 Å². The Labute approximate surface area is 241 Å². The van der Waals surface area contributed by atoms with Gasteiger partial charge in [0.1, 0.15) is 27.4 Å². The quantitative estimate of drug-likeness (QED) is 0.300. The summed E-state index contributed by atoms with van der Waals surface area (Å²) in [5, 5.41) is 9.16. The van der Waals surface area contributed by atoms with Crippen LogP contribution in [-0.2, 0) is 21.1 Å². The third-order valence-corrected chi connectivity index (χ3v) is 9.41. The van der Waals surface area contributed by atoms with Gasteiger partial charge < -0.3 is 19.3 Å². The molecule has 2 heterocycles. The summed E-state index contributed by atoms with van der Waals surface area (Å²) in [6.07, 6.45) is 4.95. The van der Waals surface area contributed by atoms with Gasteiger partial charge in [-0.3, -0.25) is 4.79 Å². The highest BCUT2D eigenvalue weighted by atomic mass is 32.2. The van der Waals surface area contributed by atoms with Crippen LogP contribution < -0.4 is 14.2 Å². The fourth-order valence-electron chi connectivity index (χ4n) is 6.10. The van der Waals surface area contributed by atoms with E-state index >= 15 is 0 Å². The van der Waals surface area contributed by atoms with Crippen LogP contribution >= 0.6 is 0 Å². The normalized spacial score (nSPS) is 17.6. The molecule has 218 valence electrons. The maximum atomic E-state index is 11.5. The number of hydrogen-bond acceptors (Lipinski definition) is 7. The van der Waals surface area contributed by atoms with Crippen LogP contribution in [0.2, 0.25) is 0 Å². The van der Waals surface area contributed by atoms with Crippen molar-refractivity contribution in [1.29, 1.82) is 0 Å². The smallest absolute Gasteiger partial charge is 0.304 e. The van der Waals surface area contributed by atoms with Gasteiger partial charge in [-0.25, -0.2) is 13.4 Å². The molecule has 0 saturated heterocycles. The van der Waals surface area contributed by atoms with Gasteiger partial charge in [0.05, 0.1) is 25.4 Å². The number of benzene rings is 2. The molecule has 9 heteroatoms. The summed E-state index contributed by atoms with van der Waals surface area (Å²) in [5.74, 6) is 1.01. The van der Waals surface area contributed by atoms with E-state index in [0.717, 1.165) is 52.0 Å². The van der Waals surface area contributed by atoms with Crippen LogP contribution in [0.1, 0.15) is 70.2 Å². The van der Waals surface area contributed by atoms with E-state index in [9.17, 15) is 13.2 Å². The lowest BCUT2D eigenvalue weighted by Crippen LogP contribution is -2.10. The zero-order valence-corrected chi connectivity index (χ0v) is 25.1. The van der Waals surface area contributed by atoms with Crippen molar-refractivity contribution in [2.24, 2.45) is 0 Å². The Morgan fingerprint density at radius 1 is 1.10 bits per heavy atom. The number of aliphatic carboxylic acids is 1. The molecule has 3 aromatic rings. The predicted octanol–water partition coefficient (Wildman–Crippen LogP) is 5.81. The molecule has 41 heavy (non-hydrogen) atoms. The maximum absolute atomic E-state index is 11.5. The lowest BCUT2D eigenvalue weighted by molar-refractivity contribution is -0.137. The van der Waals surface area contributed by atoms with E-state index in [4.69, 9.17) is 19.3 Å². The van der Waals surface area contributed by atoms with E-state index in [1.165, 1.54) is 22.9 Å². The highest BCUT2D eigenvalue weighted by Gasteiger charge is 2.31. The van der Waals surface area contributed by atoms with Crippen molar-refractivity contribution in [3.8, 4) is 28.5 Å². The topological polar surface area (TPSA) is 112 Å². The number of carboxylic acids is 1. The Morgan fingerprint density at radius 3 is 2.51 bits per heavy atom. The van der Waals surface area contributed by atoms with Crippen LogP contribution in [-0.4, -0.2) is 49.7 Å². The Balaban J connectivity index is 1.39. The third-order valence-electron chi connectivity index (χ3n) is 8.38. The lowest BCUT2D eigenvalue weighted by Gasteiger charge is -2.23. The first-order chi connectivity index (χ1) is 19.4. The average Bonchev–Trinajstić information content (AvgIpc) is 3.50. The first-order valence-electron chi connectivity index (χ1n) is 14.0. The zero-order chi connectivity index (χ0) is 29.5. The molecule has 1 aromatic heterocycles. The number of carbonyl (C=O) groups is 1. The molecule has 2 unspecified atom stereocenters. The second-order valence-corrected chi connectivity index (χ2v) is 13.5. The largest absolute Gasteiger partial charge is 0.493 e. The summed E-state index contributed by atoms with van der Waals surface area (Å²) in [5.41, 5.74) is 10.1. The summed E-state index contributed by atoms with van der Waals surface area (Å²) >= 11 is 0. The second kappa shape index (κ2) is 11.4. The molecule has 5 rings (SSSR count). The van der Waals surface area contributed by atoms with Crippen molar-refractivity contribution >= 4 is 15.8 Å². The molecule has 2 atom stereocenters. The van der Waals surface area contributed by atoms with E-state index in [-0.39, 0.29) is 24.2 Å². The first kappa shape index (κ1) is 28.9. The van der Waals surface area contributed by atoms with Crippen LogP contribution in [0.3, 0.4) is 0 Å². The molecule has 8 nitrogen and oxygen atoms in total. The average molecular weight is 580 g/mol. The number of ether oxygens (including phenoxy) is 3. The first-order valence-corrected chi connectivity index (χ1v) is 16.0. The van der Waals surface area contributed by atoms with Crippen molar-refractivity contribution in [3.63, 3.8) is 0 Å². The molecule has 0 bridgehead atoms. The van der Waals surface area contributed by atoms with E-state index in [1.807, 2.05) is 0 Å². The molecule has 2 aliphatic rings. The van der Waals surface area contributed by atoms with Crippen molar-refractivity contribution in [2.45, 2.75) is 65.4 Å². The van der Waals surface area contributed by atoms with Crippen LogP contribution in [0.4, 0.5) is 0 Å². The number of pyridine rings is 1. The minimum Gasteiger partial charge on any atom is -0.493 e. The van der Waals surface area contributed by atoms with Gasteiger partial charge in [-0.05, 0) is 91.5 Å². The Morgan fingerprint density at radius 2 is 1.83 bits per heavy atom. The highest BCUT2D eigenvalue weighted by Crippen LogP contribution is 2.45. The molecule has 1 aliphatic carbocycles. The Bertz CT molecular complexity index is 1580. The van der Waals surface area contributed by atoms with Gasteiger partial charge in [0.15, 0.2) is 0 Å². The monoisotopic (exact) mass is 579 g/mol. The van der Waals surface area contributed by atoms with Crippen molar-refractivity contribution < 1.29 is 32.5 Å². The van der Waals surface area contributed by atoms with E-state index in [1.54, 1.807) is 12.3 Å². The van der Waals surface area contributed by atoms with Gasteiger partial charge in [0, 0.05) is 30.0 Å². The summed E-state index contributed by atoms with van der Waals surface area (Å²) in [6, 6.07) is 8.14. The van der Waals surface area contributed by atoms with E-state index < -0.39 is 15.8 Å². The number of carboxylic acid groups (broad SMARTS) is 1. The lowest BCUT2D eigenvalue weighted by atomic mass is 9.86. The van der Waals surface area contributed by atoms with Crippen LogP contribution in [0.25, 0.3) is 11.1 Å². The summed E-state index contributed by atoms with van der Waals surface area (Å²) in [4.78, 5) is 15.7. The summed E-state index contributed by atoms with van der Waals surface area (Å²) in [7, 11) is -3.02. The van der Waals surface area contributed by atoms with Crippen molar-refractivity contribution in [1.82, 2.24) is 4.98 Å². The zero-order valence-electron chi connectivity index (χ0n) is 24.2. The number of hydrogen-bond donors (Lipinski definition) is 1. The SMILES string of the molecule is Cc1c(C)c(-c2cccc3c2CCC3Oc2cc3c(cn2)C(CC(=O)O)CO3)c(C)c(C)c1OCCCS(C)(=O)=O. The third kappa shape index (κ3) is 5.91. The van der Waals surface area contributed by atoms with E-state index in [2.05, 4.69) is 50.9 Å². The van der Waals surface area contributed by atoms with Gasteiger partial charge in [0.2, 0.25) is 5.88 Å². The molecule has 2 aromatic carbocycles. The molecule has 0 fully saturated rings. The minimum absolute atomic E-state index is 0.0156. The number of aromatic nitrogens is 1. The summed E-state index contributed by atoms with van der Waals surface area (Å²) in [6.45, 7) is 9.06. The van der Waals surface area contributed by atoms with Crippen molar-refractivity contribution in [3.05, 3.63) is 69.4 Å². The molecule has 0 saturated carbocycles. The fraction of sp³-hybridized carbons (Fsp3) is 0.438. The Hall–Kier alpha value is -3.59. The van der Waals surface area contributed by atoms with Gasteiger partial charge >= 0.3 is 5.97 Å². The predicted molar refractivity (Wildman–Crippen MR) is 157 cm³/mol. The number of nitrogens with zero attached hydrogens (tertiary/aromatic N) is 1. The maximum Gasteiger partial charge on any atom is 0.304 e. The van der Waals surface area contributed by atoms with Crippen molar-refractivity contribution in [2.75, 3.05) is 25.2 Å².